The molecule has 3 aromatic rings. The van der Waals surface area contributed by atoms with E-state index < -0.39 is 28.5 Å². The van der Waals surface area contributed by atoms with Crippen molar-refractivity contribution in [1.82, 2.24) is 10.2 Å². The van der Waals surface area contributed by atoms with E-state index in [0.717, 1.165) is 21.9 Å². The van der Waals surface area contributed by atoms with Crippen molar-refractivity contribution in [2.75, 3.05) is 31.1 Å². The average molecular weight is 582 g/mol. The first kappa shape index (κ1) is 31.5. The fourth-order valence-corrected chi connectivity index (χ4v) is 5.56. The van der Waals surface area contributed by atoms with Crippen LogP contribution >= 0.6 is 0 Å². The van der Waals surface area contributed by atoms with E-state index in [1.165, 1.54) is 17.0 Å². The van der Waals surface area contributed by atoms with Crippen LogP contribution in [-0.4, -0.2) is 58.0 Å². The topological polar surface area (TPSA) is 105 Å². The molecule has 1 atom stereocenters. The highest BCUT2D eigenvalue weighted by molar-refractivity contribution is 7.92. The Labute approximate surface area is 243 Å². The normalized spacial score (nSPS) is 11.8. The van der Waals surface area contributed by atoms with Crippen LogP contribution in [0.2, 0.25) is 0 Å². The third-order valence-electron chi connectivity index (χ3n) is 6.55. The van der Waals surface area contributed by atoms with Crippen molar-refractivity contribution in [3.63, 3.8) is 0 Å². The smallest absolute Gasteiger partial charge is 0.264 e. The van der Waals surface area contributed by atoms with Crippen molar-refractivity contribution in [2.24, 2.45) is 0 Å². The summed E-state index contributed by atoms with van der Waals surface area (Å²) in [5.41, 5.74) is 1.98. The minimum absolute atomic E-state index is 0.0558. The van der Waals surface area contributed by atoms with Gasteiger partial charge in [0.05, 0.1) is 24.3 Å². The fourth-order valence-electron chi connectivity index (χ4n) is 4.15. The van der Waals surface area contributed by atoms with Gasteiger partial charge in [-0.15, -0.1) is 0 Å². The molecule has 220 valence electrons. The fraction of sp³-hybridized carbons (Fsp3) is 0.355. The zero-order chi connectivity index (χ0) is 30.0. The third-order valence-corrected chi connectivity index (χ3v) is 8.34. The number of rotatable bonds is 14. The second kappa shape index (κ2) is 14.5. The van der Waals surface area contributed by atoms with E-state index in [2.05, 4.69) is 5.32 Å². The van der Waals surface area contributed by atoms with Gasteiger partial charge < -0.3 is 19.7 Å². The number of sulfonamides is 1. The van der Waals surface area contributed by atoms with Gasteiger partial charge in [-0.3, -0.25) is 13.9 Å². The number of hydrogen-bond donors (Lipinski definition) is 1. The summed E-state index contributed by atoms with van der Waals surface area (Å²) in [4.78, 5) is 28.4. The van der Waals surface area contributed by atoms with Crippen LogP contribution in [0.5, 0.6) is 11.5 Å². The largest absolute Gasteiger partial charge is 0.497 e. The van der Waals surface area contributed by atoms with Gasteiger partial charge in [0.15, 0.2) is 0 Å². The van der Waals surface area contributed by atoms with Crippen LogP contribution in [0.15, 0.2) is 77.7 Å². The Morgan fingerprint density at radius 3 is 2.07 bits per heavy atom. The lowest BCUT2D eigenvalue weighted by Gasteiger charge is -2.32. The molecule has 0 aliphatic heterocycles. The number of amides is 2. The number of ether oxygens (including phenoxy) is 2. The first-order valence-corrected chi connectivity index (χ1v) is 15.1. The molecule has 1 N–H and O–H groups in total. The summed E-state index contributed by atoms with van der Waals surface area (Å²) in [7, 11) is -2.57. The number of anilines is 1. The van der Waals surface area contributed by atoms with Gasteiger partial charge in [-0.25, -0.2) is 8.42 Å². The van der Waals surface area contributed by atoms with Crippen molar-refractivity contribution in [3.05, 3.63) is 83.9 Å². The highest BCUT2D eigenvalue weighted by atomic mass is 32.2. The Morgan fingerprint density at radius 2 is 1.51 bits per heavy atom. The molecule has 0 saturated carbocycles. The molecular formula is C31H39N3O6S. The highest BCUT2D eigenvalue weighted by Gasteiger charge is 2.32. The lowest BCUT2D eigenvalue weighted by atomic mass is 10.1. The summed E-state index contributed by atoms with van der Waals surface area (Å²) in [6.45, 7) is 7.83. The Balaban J connectivity index is 2.01. The molecule has 0 aliphatic carbocycles. The number of hydrogen-bond acceptors (Lipinski definition) is 6. The highest BCUT2D eigenvalue weighted by Crippen LogP contribution is 2.27. The second-order valence-corrected chi connectivity index (χ2v) is 11.5. The van der Waals surface area contributed by atoms with Gasteiger partial charge >= 0.3 is 0 Å². The Morgan fingerprint density at radius 1 is 0.902 bits per heavy atom. The lowest BCUT2D eigenvalue weighted by molar-refractivity contribution is -0.139. The quantitative estimate of drug-likeness (QED) is 0.300. The van der Waals surface area contributed by atoms with Crippen molar-refractivity contribution in [1.29, 1.82) is 0 Å². The van der Waals surface area contributed by atoms with Gasteiger partial charge in [0, 0.05) is 13.1 Å². The van der Waals surface area contributed by atoms with Crippen LogP contribution in [0.25, 0.3) is 0 Å². The molecule has 0 fully saturated rings. The summed E-state index contributed by atoms with van der Waals surface area (Å²) in [5, 5.41) is 2.84. The van der Waals surface area contributed by atoms with E-state index in [0.29, 0.717) is 30.3 Å². The molecule has 0 radical (unpaired) electrons. The predicted molar refractivity (Wildman–Crippen MR) is 160 cm³/mol. The first-order valence-electron chi connectivity index (χ1n) is 13.6. The van der Waals surface area contributed by atoms with E-state index in [1.54, 1.807) is 62.6 Å². The predicted octanol–water partition coefficient (Wildman–Crippen LogP) is 4.54. The zero-order valence-corrected chi connectivity index (χ0v) is 25.1. The molecule has 10 heteroatoms. The van der Waals surface area contributed by atoms with Crippen molar-refractivity contribution >= 4 is 27.5 Å². The summed E-state index contributed by atoms with van der Waals surface area (Å²) < 4.78 is 39.7. The van der Waals surface area contributed by atoms with E-state index in [-0.39, 0.29) is 17.3 Å². The maximum atomic E-state index is 14.0. The van der Waals surface area contributed by atoms with Crippen molar-refractivity contribution in [2.45, 2.75) is 51.6 Å². The average Bonchev–Trinajstić information content (AvgIpc) is 2.98. The van der Waals surface area contributed by atoms with Gasteiger partial charge in [-0.1, -0.05) is 36.8 Å². The number of nitrogens with one attached hydrogen (secondary N) is 1. The Hall–Kier alpha value is -4.05. The molecule has 3 rings (SSSR count). The summed E-state index contributed by atoms with van der Waals surface area (Å²) in [6.07, 6.45) is 0.741. The van der Waals surface area contributed by atoms with E-state index in [9.17, 15) is 18.0 Å². The maximum absolute atomic E-state index is 14.0. The summed E-state index contributed by atoms with van der Waals surface area (Å²) in [5.74, 6) is 0.399. The molecule has 0 aliphatic rings. The molecule has 0 aromatic heterocycles. The molecule has 0 saturated heterocycles. The molecular weight excluding hydrogens is 542 g/mol. The number of carbonyl (C=O) groups is 2. The van der Waals surface area contributed by atoms with Crippen LogP contribution in [0.1, 0.15) is 38.3 Å². The summed E-state index contributed by atoms with van der Waals surface area (Å²) >= 11 is 0. The molecule has 1 unspecified atom stereocenters. The first-order chi connectivity index (χ1) is 19.6. The number of aryl methyl sites for hydroxylation is 1. The van der Waals surface area contributed by atoms with Gasteiger partial charge in [-0.2, -0.15) is 0 Å². The molecule has 0 heterocycles. The van der Waals surface area contributed by atoms with Gasteiger partial charge in [0.2, 0.25) is 11.8 Å². The van der Waals surface area contributed by atoms with E-state index in [4.69, 9.17) is 9.47 Å². The maximum Gasteiger partial charge on any atom is 0.264 e. The van der Waals surface area contributed by atoms with Crippen molar-refractivity contribution < 1.29 is 27.5 Å². The minimum Gasteiger partial charge on any atom is -0.497 e. The minimum atomic E-state index is -4.14. The van der Waals surface area contributed by atoms with Crippen molar-refractivity contribution in [3.8, 4) is 11.5 Å². The Bertz CT molecular complexity index is 1390. The SMILES string of the molecule is CCCNC(=O)C(C)N(Cc1ccc(OC)cc1)C(=O)CN(c1ccc(OCC)cc1)S(=O)(=O)c1ccc(C)cc1. The monoisotopic (exact) mass is 581 g/mol. The van der Waals surface area contributed by atoms with Crippen LogP contribution in [-0.2, 0) is 26.2 Å². The molecule has 0 bridgehead atoms. The third kappa shape index (κ3) is 8.23. The molecule has 41 heavy (non-hydrogen) atoms. The van der Waals surface area contributed by atoms with Crippen LogP contribution in [0.4, 0.5) is 5.69 Å². The number of nitrogens with zero attached hydrogens (tertiary/aromatic N) is 2. The van der Waals surface area contributed by atoms with Gasteiger partial charge in [0.25, 0.3) is 10.0 Å². The number of benzene rings is 3. The zero-order valence-electron chi connectivity index (χ0n) is 24.3. The van der Waals surface area contributed by atoms with Crippen LogP contribution in [0.3, 0.4) is 0 Å². The van der Waals surface area contributed by atoms with Crippen LogP contribution in [0, 0.1) is 6.92 Å². The molecule has 3 aromatic carbocycles. The molecule has 2 amide bonds. The van der Waals surface area contributed by atoms with E-state index in [1.807, 2.05) is 32.9 Å². The molecule has 9 nitrogen and oxygen atoms in total. The standard InChI is InChI=1S/C31H39N3O6S/c1-6-20-32-31(36)24(4)33(21-25-10-14-27(39-5)15-11-25)30(35)22-34(26-12-16-28(17-13-26)40-7-2)41(37,38)29-18-8-23(3)9-19-29/h8-19,24H,6-7,20-22H2,1-5H3,(H,32,36). The number of carbonyl (C=O) groups excluding carboxylic acids is 2. The molecule has 0 spiro atoms. The Kier molecular flexibility index (Phi) is 11.2. The van der Waals surface area contributed by atoms with Gasteiger partial charge in [0.1, 0.15) is 24.1 Å². The van der Waals surface area contributed by atoms with E-state index >= 15 is 0 Å². The lowest BCUT2D eigenvalue weighted by Crippen LogP contribution is -2.51. The van der Waals surface area contributed by atoms with Gasteiger partial charge in [-0.05, 0) is 81.3 Å². The summed E-state index contributed by atoms with van der Waals surface area (Å²) in [6, 6.07) is 19.3. The second-order valence-electron chi connectivity index (χ2n) is 9.59. The number of methoxy groups -OCH3 is 1. The van der Waals surface area contributed by atoms with Crippen LogP contribution < -0.4 is 19.1 Å².